The maximum atomic E-state index is 13.4. The zero-order chi connectivity index (χ0) is 21.9. The minimum atomic E-state index is -3.23. The summed E-state index contributed by atoms with van der Waals surface area (Å²) in [6.45, 7) is 3.27. The van der Waals surface area contributed by atoms with Crippen LogP contribution in [0.4, 0.5) is 0 Å². The molecule has 2 aromatic carbocycles. The number of hydrogen-bond acceptors (Lipinski definition) is 4. The molecule has 1 heterocycles. The Kier molecular flexibility index (Phi) is 6.46. The molecule has 0 radical (unpaired) electrons. The lowest BCUT2D eigenvalue weighted by Crippen LogP contribution is -2.41. The van der Waals surface area contributed by atoms with E-state index in [1.807, 2.05) is 42.5 Å². The van der Waals surface area contributed by atoms with Crippen molar-refractivity contribution in [3.63, 3.8) is 0 Å². The minimum Gasteiger partial charge on any atom is -0.347 e. The van der Waals surface area contributed by atoms with Crippen molar-refractivity contribution in [1.82, 2.24) is 14.9 Å². The molecule has 2 N–H and O–H groups in total. The number of benzene rings is 2. The molecule has 2 fully saturated rings. The van der Waals surface area contributed by atoms with Gasteiger partial charge in [0.05, 0.1) is 17.7 Å². The van der Waals surface area contributed by atoms with Crippen LogP contribution in [0.1, 0.15) is 48.4 Å². The molecular weight excluding hydrogens is 410 g/mol. The number of sulfonamides is 1. The van der Waals surface area contributed by atoms with Gasteiger partial charge in [-0.25, -0.2) is 13.1 Å². The predicted octanol–water partition coefficient (Wildman–Crippen LogP) is 2.72. The highest BCUT2D eigenvalue weighted by atomic mass is 32.2. The fourth-order valence-electron chi connectivity index (χ4n) is 4.37. The lowest BCUT2D eigenvalue weighted by molar-refractivity contribution is -0.124. The van der Waals surface area contributed by atoms with Gasteiger partial charge in [-0.05, 0) is 55.5 Å². The van der Waals surface area contributed by atoms with Crippen molar-refractivity contribution in [1.29, 1.82) is 0 Å². The summed E-state index contributed by atoms with van der Waals surface area (Å²) < 4.78 is 25.1. The number of rotatable bonds is 9. The summed E-state index contributed by atoms with van der Waals surface area (Å²) in [4.78, 5) is 15.8. The molecule has 1 aliphatic carbocycles. The summed E-state index contributed by atoms with van der Waals surface area (Å²) >= 11 is 0. The zero-order valence-corrected chi connectivity index (χ0v) is 18.8. The lowest BCUT2D eigenvalue weighted by Gasteiger charge is -2.27. The Morgan fingerprint density at radius 1 is 1.03 bits per heavy atom. The number of carbonyl (C=O) groups excluding carboxylic acids is 1. The second-order valence-electron chi connectivity index (χ2n) is 8.82. The first-order valence-electron chi connectivity index (χ1n) is 11.0. The normalized spacial score (nSPS) is 19.1. The van der Waals surface area contributed by atoms with Crippen LogP contribution in [0.2, 0.25) is 0 Å². The summed E-state index contributed by atoms with van der Waals surface area (Å²) in [6.07, 6.45) is 5.27. The molecule has 1 atom stereocenters. The molecule has 6 nitrogen and oxygen atoms in total. The van der Waals surface area contributed by atoms with Crippen LogP contribution >= 0.6 is 0 Å². The molecule has 1 saturated carbocycles. The Balaban J connectivity index is 1.46. The van der Waals surface area contributed by atoms with Crippen molar-refractivity contribution in [3.8, 4) is 0 Å². The summed E-state index contributed by atoms with van der Waals surface area (Å²) in [5.74, 6) is 0.0857. The van der Waals surface area contributed by atoms with Gasteiger partial charge in [-0.15, -0.1) is 0 Å². The van der Waals surface area contributed by atoms with Crippen LogP contribution in [-0.2, 0) is 26.8 Å². The average molecular weight is 442 g/mol. The van der Waals surface area contributed by atoms with Crippen LogP contribution in [0, 0.1) is 0 Å². The fraction of sp³-hybridized carbons (Fsp3) is 0.458. The summed E-state index contributed by atoms with van der Waals surface area (Å²) in [7, 11) is -3.23. The highest BCUT2D eigenvalue weighted by molar-refractivity contribution is 7.88. The van der Waals surface area contributed by atoms with E-state index in [2.05, 4.69) is 27.1 Å². The topological polar surface area (TPSA) is 78.5 Å². The first-order chi connectivity index (χ1) is 14.9. The molecule has 1 saturated heterocycles. The smallest absolute Gasteiger partial charge is 0.231 e. The number of carbonyl (C=O) groups is 1. The van der Waals surface area contributed by atoms with Crippen molar-refractivity contribution in [2.75, 3.05) is 25.9 Å². The Bertz CT molecular complexity index is 996. The van der Waals surface area contributed by atoms with Gasteiger partial charge in [-0.1, -0.05) is 54.6 Å². The summed E-state index contributed by atoms with van der Waals surface area (Å²) in [6, 6.07) is 17.9. The molecule has 1 amide bonds. The van der Waals surface area contributed by atoms with Gasteiger partial charge in [0.2, 0.25) is 15.9 Å². The zero-order valence-electron chi connectivity index (χ0n) is 18.0. The number of hydrogen-bond donors (Lipinski definition) is 2. The van der Waals surface area contributed by atoms with Crippen LogP contribution in [-0.4, -0.2) is 45.1 Å². The Hall–Kier alpha value is -2.22. The van der Waals surface area contributed by atoms with Crippen molar-refractivity contribution in [2.24, 2.45) is 0 Å². The fourth-order valence-corrected chi connectivity index (χ4v) is 4.80. The van der Waals surface area contributed by atoms with Gasteiger partial charge < -0.3 is 10.2 Å². The van der Waals surface area contributed by atoms with E-state index in [0.717, 1.165) is 55.4 Å². The Morgan fingerprint density at radius 2 is 1.68 bits per heavy atom. The molecule has 166 valence electrons. The van der Waals surface area contributed by atoms with Crippen LogP contribution in [0.3, 0.4) is 0 Å². The second-order valence-corrected chi connectivity index (χ2v) is 10.6. The lowest BCUT2D eigenvalue weighted by atomic mass is 9.93. The maximum absolute atomic E-state index is 13.4. The third kappa shape index (κ3) is 5.53. The van der Waals surface area contributed by atoms with E-state index in [1.54, 1.807) is 0 Å². The van der Waals surface area contributed by atoms with Crippen LogP contribution in [0.5, 0.6) is 0 Å². The molecule has 2 aromatic rings. The van der Waals surface area contributed by atoms with Gasteiger partial charge in [0, 0.05) is 13.1 Å². The van der Waals surface area contributed by atoms with Crippen molar-refractivity contribution in [2.45, 2.75) is 43.7 Å². The SMILES string of the molecule is CS(=O)(=O)NCc1ccc(C2(C(=O)NC(CN3CCCC3)c3ccccc3)CC2)cc1. The van der Waals surface area contributed by atoms with Gasteiger partial charge in [-0.3, -0.25) is 4.79 Å². The number of likely N-dealkylation sites (tertiary alicyclic amines) is 1. The third-order valence-electron chi connectivity index (χ3n) is 6.38. The highest BCUT2D eigenvalue weighted by Crippen LogP contribution is 2.48. The van der Waals surface area contributed by atoms with Crippen molar-refractivity contribution < 1.29 is 13.2 Å². The molecule has 7 heteroatoms. The third-order valence-corrected chi connectivity index (χ3v) is 7.05. The first-order valence-corrected chi connectivity index (χ1v) is 12.9. The average Bonchev–Trinajstić information content (AvgIpc) is 3.42. The van der Waals surface area contributed by atoms with Crippen LogP contribution in [0.25, 0.3) is 0 Å². The Morgan fingerprint density at radius 3 is 2.26 bits per heavy atom. The summed E-state index contributed by atoms with van der Waals surface area (Å²) in [5.41, 5.74) is 2.55. The van der Waals surface area contributed by atoms with E-state index >= 15 is 0 Å². The molecule has 0 aromatic heterocycles. The molecule has 1 unspecified atom stereocenters. The highest BCUT2D eigenvalue weighted by Gasteiger charge is 2.51. The number of nitrogens with zero attached hydrogens (tertiary/aromatic N) is 1. The molecule has 0 bridgehead atoms. The molecule has 4 rings (SSSR count). The van der Waals surface area contributed by atoms with E-state index in [9.17, 15) is 13.2 Å². The van der Waals surface area contributed by atoms with Gasteiger partial charge in [0.25, 0.3) is 0 Å². The molecule has 31 heavy (non-hydrogen) atoms. The van der Waals surface area contributed by atoms with Crippen LogP contribution < -0.4 is 10.0 Å². The minimum absolute atomic E-state index is 0.0255. The van der Waals surface area contributed by atoms with E-state index in [4.69, 9.17) is 0 Å². The number of amides is 1. The monoisotopic (exact) mass is 441 g/mol. The Labute approximate surface area is 185 Å². The largest absolute Gasteiger partial charge is 0.347 e. The van der Waals surface area contributed by atoms with Gasteiger partial charge in [-0.2, -0.15) is 0 Å². The van der Waals surface area contributed by atoms with Crippen LogP contribution in [0.15, 0.2) is 54.6 Å². The van der Waals surface area contributed by atoms with Crippen molar-refractivity contribution in [3.05, 3.63) is 71.3 Å². The maximum Gasteiger partial charge on any atom is 0.231 e. The summed E-state index contributed by atoms with van der Waals surface area (Å²) in [5, 5.41) is 3.35. The molecule has 2 aliphatic rings. The standard InChI is InChI=1S/C24H31N3O3S/c1-31(29,30)25-17-19-9-11-21(12-10-19)24(13-14-24)23(28)26-22(18-27-15-5-6-16-27)20-7-3-2-4-8-20/h2-4,7-12,22,25H,5-6,13-18H2,1H3,(H,26,28). The molecule has 0 spiro atoms. The predicted molar refractivity (Wildman–Crippen MR) is 122 cm³/mol. The van der Waals surface area contributed by atoms with Gasteiger partial charge >= 0.3 is 0 Å². The quantitative estimate of drug-likeness (QED) is 0.627. The molecule has 1 aliphatic heterocycles. The van der Waals surface area contributed by atoms with Gasteiger partial charge in [0.1, 0.15) is 0 Å². The van der Waals surface area contributed by atoms with E-state index < -0.39 is 15.4 Å². The second kappa shape index (κ2) is 9.10. The van der Waals surface area contributed by atoms with E-state index in [-0.39, 0.29) is 18.5 Å². The van der Waals surface area contributed by atoms with E-state index in [1.165, 1.54) is 12.8 Å². The van der Waals surface area contributed by atoms with Crippen molar-refractivity contribution >= 4 is 15.9 Å². The van der Waals surface area contributed by atoms with E-state index in [0.29, 0.717) is 0 Å². The first kappa shape index (κ1) is 22.0. The number of nitrogens with one attached hydrogen (secondary N) is 2. The molecular formula is C24H31N3O3S. The van der Waals surface area contributed by atoms with Gasteiger partial charge in [0.15, 0.2) is 0 Å².